The van der Waals surface area contributed by atoms with Crippen molar-refractivity contribution in [2.45, 2.75) is 11.4 Å². The number of hydrogen-bond acceptors (Lipinski definition) is 4. The van der Waals surface area contributed by atoms with Crippen molar-refractivity contribution >= 4 is 21.6 Å². The number of rotatable bonds is 5. The number of amides is 1. The number of nitrogens with zero attached hydrogens (tertiary/aromatic N) is 1. The second kappa shape index (κ2) is 7.46. The summed E-state index contributed by atoms with van der Waals surface area (Å²) in [7, 11) is -3.62. The van der Waals surface area contributed by atoms with Crippen molar-refractivity contribution in [3.05, 3.63) is 84.4 Å². The van der Waals surface area contributed by atoms with Gasteiger partial charge in [0.25, 0.3) is 0 Å². The third-order valence-electron chi connectivity index (χ3n) is 4.37. The van der Waals surface area contributed by atoms with E-state index in [1.807, 2.05) is 30.3 Å². The maximum atomic E-state index is 12.5. The number of sulfonamides is 1. The van der Waals surface area contributed by atoms with Crippen LogP contribution in [0.3, 0.4) is 0 Å². The van der Waals surface area contributed by atoms with E-state index < -0.39 is 15.9 Å². The zero-order valence-electron chi connectivity index (χ0n) is 14.9. The van der Waals surface area contributed by atoms with Crippen LogP contribution in [-0.4, -0.2) is 25.2 Å². The summed E-state index contributed by atoms with van der Waals surface area (Å²) in [4.78, 5) is 12.6. The first-order valence-corrected chi connectivity index (χ1v) is 10.2. The van der Waals surface area contributed by atoms with Gasteiger partial charge in [-0.1, -0.05) is 36.4 Å². The molecule has 1 aliphatic rings. The monoisotopic (exact) mass is 396 g/mol. The molecule has 0 saturated heterocycles. The fourth-order valence-corrected chi connectivity index (χ4v) is 4.62. The molecule has 0 saturated carbocycles. The molecule has 4 rings (SSSR count). The average Bonchev–Trinajstić information content (AvgIpc) is 2.94. The normalized spacial score (nSPS) is 15.0. The summed E-state index contributed by atoms with van der Waals surface area (Å²) < 4.78 is 31.9. The maximum absolute atomic E-state index is 12.5. The molecule has 0 fully saturated rings. The highest BCUT2D eigenvalue weighted by Gasteiger charge is 2.35. The Balaban J connectivity index is 0.00000240. The highest BCUT2D eigenvalue weighted by Crippen LogP contribution is 2.29. The Morgan fingerprint density at radius 3 is 2.29 bits per heavy atom. The molecule has 0 unspecified atom stereocenters. The lowest BCUT2D eigenvalue weighted by Gasteiger charge is -2.14. The van der Waals surface area contributed by atoms with Gasteiger partial charge in [-0.15, -0.1) is 0 Å². The first-order chi connectivity index (χ1) is 13.5. The Kier molecular flexibility index (Phi) is 4.85. The molecule has 6 nitrogen and oxygen atoms in total. The van der Waals surface area contributed by atoms with Crippen molar-refractivity contribution < 1.29 is 19.4 Å². The van der Waals surface area contributed by atoms with Gasteiger partial charge in [-0.3, -0.25) is 4.79 Å². The van der Waals surface area contributed by atoms with Gasteiger partial charge >= 0.3 is 0 Å². The van der Waals surface area contributed by atoms with Crippen LogP contribution in [0.1, 0.15) is 6.99 Å². The second-order valence-electron chi connectivity index (χ2n) is 6.37. The zero-order chi connectivity index (χ0) is 19.6. The summed E-state index contributed by atoms with van der Waals surface area (Å²) in [6, 6.07) is 23.1. The Hall–Kier alpha value is -3.16. The first kappa shape index (κ1) is 18.2. The van der Waals surface area contributed by atoms with Crippen LogP contribution in [0, 0.1) is 0 Å². The second-order valence-corrected chi connectivity index (χ2v) is 8.27. The number of benzene rings is 3. The Labute approximate surface area is 164 Å². The van der Waals surface area contributed by atoms with Crippen LogP contribution in [0.5, 0.6) is 11.5 Å². The van der Waals surface area contributed by atoms with Crippen LogP contribution in [0.2, 0.25) is 0 Å². The maximum Gasteiger partial charge on any atom is 0.244 e. The van der Waals surface area contributed by atoms with Gasteiger partial charge in [-0.05, 0) is 48.0 Å². The van der Waals surface area contributed by atoms with E-state index in [2.05, 4.69) is 5.32 Å². The molecule has 1 aliphatic heterocycles. The number of para-hydroxylation sites is 1. The van der Waals surface area contributed by atoms with Crippen LogP contribution in [0.4, 0.5) is 5.69 Å². The summed E-state index contributed by atoms with van der Waals surface area (Å²) in [5.41, 5.74) is 1.28. The quantitative estimate of drug-likeness (QED) is 0.710. The summed E-state index contributed by atoms with van der Waals surface area (Å²) in [5, 5.41) is 2.72. The van der Waals surface area contributed by atoms with Crippen molar-refractivity contribution in [2.75, 3.05) is 11.9 Å². The van der Waals surface area contributed by atoms with Crippen LogP contribution >= 0.6 is 0 Å². The highest BCUT2D eigenvalue weighted by molar-refractivity contribution is 7.89. The highest BCUT2D eigenvalue weighted by atomic mass is 32.2. The molecule has 3 aromatic rings. The molecule has 144 valence electrons. The molecule has 3 aromatic carbocycles. The minimum Gasteiger partial charge on any atom is -0.457 e. The standard InChI is InChI=1S/C21H18N2O4S.H2/c24-21(15-23-14-16-6-4-5-9-20(16)28(23,25)26)22-17-10-12-19(13-11-17)27-18-7-2-1-3-8-18;/h1-13H,14-15H2,(H,22,24);1H. The van der Waals surface area contributed by atoms with Crippen LogP contribution < -0.4 is 10.1 Å². The van der Waals surface area contributed by atoms with Crippen molar-refractivity contribution in [3.8, 4) is 11.5 Å². The third-order valence-corrected chi connectivity index (χ3v) is 6.27. The van der Waals surface area contributed by atoms with E-state index in [1.165, 1.54) is 4.31 Å². The van der Waals surface area contributed by atoms with Gasteiger partial charge in [-0.2, -0.15) is 4.31 Å². The minimum atomic E-state index is -3.62. The first-order valence-electron chi connectivity index (χ1n) is 8.73. The number of ether oxygens (including phenoxy) is 1. The molecule has 0 atom stereocenters. The molecular formula is C21H20N2O4S. The molecule has 28 heavy (non-hydrogen) atoms. The summed E-state index contributed by atoms with van der Waals surface area (Å²) in [6.45, 7) is -0.0327. The van der Waals surface area contributed by atoms with Gasteiger partial charge in [0.15, 0.2) is 0 Å². The summed E-state index contributed by atoms with van der Waals surface area (Å²) >= 11 is 0. The van der Waals surface area contributed by atoms with Crippen LogP contribution in [0.25, 0.3) is 0 Å². The van der Waals surface area contributed by atoms with E-state index in [-0.39, 0.29) is 19.4 Å². The molecule has 1 amide bonds. The predicted octanol–water partition coefficient (Wildman–Crippen LogP) is 3.87. The number of carbonyl (C=O) groups is 1. The molecule has 1 heterocycles. The van der Waals surface area contributed by atoms with E-state index in [1.54, 1.807) is 48.5 Å². The lowest BCUT2D eigenvalue weighted by Crippen LogP contribution is -2.33. The third kappa shape index (κ3) is 3.76. The largest absolute Gasteiger partial charge is 0.457 e. The van der Waals surface area contributed by atoms with Crippen molar-refractivity contribution in [1.82, 2.24) is 4.31 Å². The van der Waals surface area contributed by atoms with E-state index in [0.717, 1.165) is 5.75 Å². The van der Waals surface area contributed by atoms with E-state index in [0.29, 0.717) is 17.0 Å². The van der Waals surface area contributed by atoms with Crippen molar-refractivity contribution in [3.63, 3.8) is 0 Å². The molecule has 0 bridgehead atoms. The van der Waals surface area contributed by atoms with E-state index in [4.69, 9.17) is 4.74 Å². The minimum absolute atomic E-state index is 0. The smallest absolute Gasteiger partial charge is 0.244 e. The fraction of sp³-hybridized carbons (Fsp3) is 0.0952. The molecule has 0 spiro atoms. The Morgan fingerprint density at radius 1 is 0.929 bits per heavy atom. The van der Waals surface area contributed by atoms with Gasteiger partial charge in [-0.25, -0.2) is 8.42 Å². The Morgan fingerprint density at radius 2 is 1.57 bits per heavy atom. The molecule has 1 N–H and O–H groups in total. The number of carbonyl (C=O) groups excluding carboxylic acids is 1. The number of nitrogens with one attached hydrogen (secondary N) is 1. The van der Waals surface area contributed by atoms with Crippen LogP contribution in [0.15, 0.2) is 83.8 Å². The zero-order valence-corrected chi connectivity index (χ0v) is 15.7. The molecule has 0 aliphatic carbocycles. The van der Waals surface area contributed by atoms with Gasteiger partial charge in [0.1, 0.15) is 11.5 Å². The van der Waals surface area contributed by atoms with Gasteiger partial charge in [0.2, 0.25) is 15.9 Å². The average molecular weight is 396 g/mol. The molecular weight excluding hydrogens is 376 g/mol. The van der Waals surface area contributed by atoms with Gasteiger partial charge < -0.3 is 10.1 Å². The summed E-state index contributed by atoms with van der Waals surface area (Å²) in [6.07, 6.45) is 0. The number of fused-ring (bicyclic) bond motifs is 1. The number of anilines is 1. The lowest BCUT2D eigenvalue weighted by atomic mass is 10.2. The number of hydrogen-bond donors (Lipinski definition) is 1. The molecule has 0 radical (unpaired) electrons. The van der Waals surface area contributed by atoms with Gasteiger partial charge in [0.05, 0.1) is 11.4 Å². The fourth-order valence-electron chi connectivity index (χ4n) is 3.03. The molecule has 0 aromatic heterocycles. The van der Waals surface area contributed by atoms with Crippen molar-refractivity contribution in [1.29, 1.82) is 0 Å². The lowest BCUT2D eigenvalue weighted by molar-refractivity contribution is -0.116. The predicted molar refractivity (Wildman–Crippen MR) is 108 cm³/mol. The summed E-state index contributed by atoms with van der Waals surface area (Å²) in [5.74, 6) is 0.966. The Bertz CT molecular complexity index is 1100. The molecule has 7 heteroatoms. The van der Waals surface area contributed by atoms with Gasteiger partial charge in [0, 0.05) is 13.7 Å². The van der Waals surface area contributed by atoms with E-state index >= 15 is 0 Å². The van der Waals surface area contributed by atoms with Crippen LogP contribution in [-0.2, 0) is 21.4 Å². The van der Waals surface area contributed by atoms with Crippen molar-refractivity contribution in [2.24, 2.45) is 0 Å². The SMILES string of the molecule is O=C(CN1Cc2ccccc2S1(=O)=O)Nc1ccc(Oc2ccccc2)cc1.[HH]. The topological polar surface area (TPSA) is 75.7 Å². The van der Waals surface area contributed by atoms with E-state index in [9.17, 15) is 13.2 Å².